The Bertz CT molecular complexity index is 1400. The predicted molar refractivity (Wildman–Crippen MR) is 178 cm³/mol. The summed E-state index contributed by atoms with van der Waals surface area (Å²) in [6.07, 6.45) is 1.16. The summed E-state index contributed by atoms with van der Waals surface area (Å²) in [5.74, 6) is -0.250. The number of rotatable bonds is 21. The van der Waals surface area contributed by atoms with Gasteiger partial charge in [-0.2, -0.15) is 8.42 Å². The number of Topliss-reactive ketones (excluding diaryl/α,β-unsaturated/α-hetero) is 2. The highest BCUT2D eigenvalue weighted by molar-refractivity contribution is 7.80. The van der Waals surface area contributed by atoms with E-state index in [1.54, 1.807) is 36.1 Å². The molecule has 48 heavy (non-hydrogen) atoms. The molecule has 3 rings (SSSR count). The molecule has 0 aliphatic carbocycles. The quantitative estimate of drug-likeness (QED) is 0.0965. The van der Waals surface area contributed by atoms with Gasteiger partial charge in [0.25, 0.3) is 0 Å². The largest absolute Gasteiger partial charge is 0.465 e. The number of ketones is 2. The average Bonchev–Trinajstić information content (AvgIpc) is 3.06. The number of hydrogen-bond donors (Lipinski definition) is 3. The van der Waals surface area contributed by atoms with Crippen LogP contribution in [0.4, 0.5) is 0 Å². The molecule has 3 N–H and O–H groups in total. The van der Waals surface area contributed by atoms with E-state index < -0.39 is 47.5 Å². The van der Waals surface area contributed by atoms with Crippen LogP contribution in [0.2, 0.25) is 0 Å². The molecule has 0 radical (unpaired) electrons. The van der Waals surface area contributed by atoms with E-state index in [0.29, 0.717) is 31.7 Å². The Hall–Kier alpha value is -3.20. The van der Waals surface area contributed by atoms with Crippen molar-refractivity contribution in [2.24, 2.45) is 5.92 Å². The Morgan fingerprint density at radius 2 is 1.58 bits per heavy atom. The summed E-state index contributed by atoms with van der Waals surface area (Å²) < 4.78 is 47.3. The van der Waals surface area contributed by atoms with Crippen molar-refractivity contribution in [3.63, 3.8) is 0 Å². The lowest BCUT2D eigenvalue weighted by Gasteiger charge is -2.41. The van der Waals surface area contributed by atoms with E-state index in [2.05, 4.69) is 4.18 Å². The molecule has 2 aromatic carbocycles. The van der Waals surface area contributed by atoms with Crippen molar-refractivity contribution in [1.82, 2.24) is 4.90 Å². The molecule has 2 aromatic rings. The first-order valence-corrected chi connectivity index (χ1v) is 18.0. The first kappa shape index (κ1) is 39.2. The molecule has 266 valence electrons. The van der Waals surface area contributed by atoms with Crippen LogP contribution in [0.25, 0.3) is 0 Å². The van der Waals surface area contributed by atoms with Gasteiger partial charge in [-0.25, -0.2) is 4.18 Å². The van der Waals surface area contributed by atoms with E-state index in [4.69, 9.17) is 14.0 Å². The Morgan fingerprint density at radius 1 is 0.896 bits per heavy atom. The molecule has 1 aliphatic rings. The monoisotopic (exact) mass is 691 g/mol. The number of aliphatic hydroxyl groups excluding tert-OH is 2. The highest BCUT2D eigenvalue weighted by atomic mass is 32.3. The number of nitrogens with zero attached hydrogens (tertiary/aromatic N) is 1. The van der Waals surface area contributed by atoms with Gasteiger partial charge in [0, 0.05) is 50.3 Å². The lowest BCUT2D eigenvalue weighted by Crippen LogP contribution is -2.57. The molecule has 0 saturated carbocycles. The summed E-state index contributed by atoms with van der Waals surface area (Å²) >= 11 is 0. The van der Waals surface area contributed by atoms with Crippen LogP contribution in [0.3, 0.4) is 0 Å². The smallest absolute Gasteiger partial charge is 0.397 e. The summed E-state index contributed by atoms with van der Waals surface area (Å²) in [5, 5.41) is 20.2. The van der Waals surface area contributed by atoms with Crippen LogP contribution in [0.15, 0.2) is 54.6 Å². The molecule has 0 bridgehead atoms. The second-order valence-electron chi connectivity index (χ2n) is 12.2. The Morgan fingerprint density at radius 3 is 2.23 bits per heavy atom. The molecule has 12 nitrogen and oxygen atoms in total. The number of benzene rings is 2. The van der Waals surface area contributed by atoms with Gasteiger partial charge in [0.05, 0.1) is 12.7 Å². The maximum atomic E-state index is 12.9. The molecule has 1 saturated heterocycles. The van der Waals surface area contributed by atoms with E-state index in [1.807, 2.05) is 37.3 Å². The zero-order valence-corrected chi connectivity index (χ0v) is 28.6. The van der Waals surface area contributed by atoms with E-state index in [-0.39, 0.29) is 30.3 Å². The number of carbonyl (C=O) groups excluding carboxylic acids is 3. The van der Waals surface area contributed by atoms with Crippen LogP contribution in [0, 0.1) is 5.92 Å². The number of ether oxygens (including phenoxy) is 2. The van der Waals surface area contributed by atoms with Crippen LogP contribution >= 0.6 is 0 Å². The molecule has 1 heterocycles. The van der Waals surface area contributed by atoms with Crippen molar-refractivity contribution in [2.75, 3.05) is 19.7 Å². The fourth-order valence-corrected chi connectivity index (χ4v) is 6.07. The lowest BCUT2D eigenvalue weighted by atomic mass is 9.92. The third-order valence-corrected chi connectivity index (χ3v) is 8.87. The summed E-state index contributed by atoms with van der Waals surface area (Å²) in [4.78, 5) is 39.8. The number of hydrogen-bond acceptors (Lipinski definition) is 10. The van der Waals surface area contributed by atoms with Crippen molar-refractivity contribution in [2.45, 2.75) is 103 Å². The normalized spacial score (nSPS) is 21.1. The first-order valence-electron chi connectivity index (χ1n) is 16.6. The fraction of sp³-hybridized carbons (Fsp3) is 0.571. The van der Waals surface area contributed by atoms with Gasteiger partial charge < -0.3 is 24.6 Å². The predicted octanol–water partition coefficient (Wildman–Crippen LogP) is 4.32. The summed E-state index contributed by atoms with van der Waals surface area (Å²) in [7, 11) is -4.90. The lowest BCUT2D eigenvalue weighted by molar-refractivity contribution is -0.251. The maximum Gasteiger partial charge on any atom is 0.397 e. The molecule has 0 aromatic heterocycles. The van der Waals surface area contributed by atoms with Gasteiger partial charge in [-0.05, 0) is 37.0 Å². The fourth-order valence-electron chi connectivity index (χ4n) is 5.55. The van der Waals surface area contributed by atoms with Gasteiger partial charge in [0.2, 0.25) is 12.2 Å². The molecule has 1 fully saturated rings. The second kappa shape index (κ2) is 19.7. The van der Waals surface area contributed by atoms with Crippen LogP contribution in [0.5, 0.6) is 5.75 Å². The highest BCUT2D eigenvalue weighted by Crippen LogP contribution is 2.30. The van der Waals surface area contributed by atoms with Crippen molar-refractivity contribution in [3.8, 4) is 5.75 Å². The number of unbranched alkanes of at least 4 members (excludes halogenated alkanes) is 4. The topological polar surface area (TPSA) is 177 Å². The van der Waals surface area contributed by atoms with E-state index in [9.17, 15) is 33.0 Å². The van der Waals surface area contributed by atoms with E-state index >= 15 is 0 Å². The Labute approximate surface area is 283 Å². The van der Waals surface area contributed by atoms with Crippen molar-refractivity contribution in [3.05, 3.63) is 65.7 Å². The minimum absolute atomic E-state index is 0.0144. The second-order valence-corrected chi connectivity index (χ2v) is 13.3. The number of aliphatic hydroxyl groups is 2. The van der Waals surface area contributed by atoms with Crippen LogP contribution in [-0.2, 0) is 35.3 Å². The minimum Gasteiger partial charge on any atom is -0.465 e. The Kier molecular flexibility index (Phi) is 16.1. The number of carbonyl (C=O) groups is 3. The molecule has 13 heteroatoms. The van der Waals surface area contributed by atoms with Crippen LogP contribution < -0.4 is 4.74 Å². The molecule has 1 aliphatic heterocycles. The van der Waals surface area contributed by atoms with Gasteiger partial charge in [-0.15, -0.1) is 0 Å². The zero-order valence-electron chi connectivity index (χ0n) is 27.7. The SMILES string of the molecule is CCCCC(=O)N(CCCCCCC(=O)c1ccccc1)CCC(=O)Cc1ccc(OC2OC(CO)C(OS(=O)(=O)O)C(O)C2C)cc1. The Balaban J connectivity index is 1.45. The standard InChI is InChI=1S/C35H49NO11S/c1-3-4-15-32(40)36(21-11-6-5-10-14-30(39)27-12-8-7-9-13-27)22-20-28(38)23-26-16-18-29(19-17-26)45-35-25(2)33(41)34(31(24-37)46-35)47-48(42,43)44/h7-9,12-13,16-19,25,31,33-35,37,41H,3-6,10-11,14-15,20-24H2,1-2H3,(H,42,43,44). The third kappa shape index (κ3) is 13.0. The molecule has 5 atom stereocenters. The highest BCUT2D eigenvalue weighted by Gasteiger charge is 2.46. The summed E-state index contributed by atoms with van der Waals surface area (Å²) in [6, 6.07) is 16.0. The zero-order chi connectivity index (χ0) is 35.1. The molecular weight excluding hydrogens is 642 g/mol. The van der Waals surface area contributed by atoms with Gasteiger partial charge in [-0.1, -0.05) is 75.6 Å². The molecule has 1 amide bonds. The van der Waals surface area contributed by atoms with E-state index in [1.165, 1.54) is 0 Å². The van der Waals surface area contributed by atoms with Crippen LogP contribution in [-0.4, -0.2) is 89.9 Å². The number of amides is 1. The molecule has 0 spiro atoms. The van der Waals surface area contributed by atoms with E-state index in [0.717, 1.165) is 49.7 Å². The van der Waals surface area contributed by atoms with Gasteiger partial charge >= 0.3 is 10.4 Å². The molecular formula is C35H49NO11S. The average molecular weight is 692 g/mol. The maximum absolute atomic E-state index is 12.9. The van der Waals surface area contributed by atoms with Crippen molar-refractivity contribution in [1.29, 1.82) is 0 Å². The third-order valence-electron chi connectivity index (χ3n) is 8.40. The minimum atomic E-state index is -4.90. The van der Waals surface area contributed by atoms with Gasteiger partial charge in [0.15, 0.2) is 5.78 Å². The summed E-state index contributed by atoms with van der Waals surface area (Å²) in [5.41, 5.74) is 1.47. The first-order chi connectivity index (χ1) is 22.9. The van der Waals surface area contributed by atoms with Crippen molar-refractivity contribution < 1.29 is 51.2 Å². The van der Waals surface area contributed by atoms with Crippen molar-refractivity contribution >= 4 is 27.9 Å². The molecule has 5 unspecified atom stereocenters. The van der Waals surface area contributed by atoms with Gasteiger partial charge in [-0.3, -0.25) is 18.9 Å². The van der Waals surface area contributed by atoms with Crippen LogP contribution in [0.1, 0.15) is 87.6 Å². The summed E-state index contributed by atoms with van der Waals surface area (Å²) in [6.45, 7) is 3.81. The van der Waals surface area contributed by atoms with Gasteiger partial charge in [0.1, 0.15) is 23.7 Å².